The van der Waals surface area contributed by atoms with Gasteiger partial charge < -0.3 is 11.5 Å². The molecule has 1 aliphatic heterocycles. The summed E-state index contributed by atoms with van der Waals surface area (Å²) in [6.45, 7) is 0. The molecule has 130 valence electrons. The third kappa shape index (κ3) is 2.88. The van der Waals surface area contributed by atoms with Gasteiger partial charge in [0.1, 0.15) is 12.0 Å². The molecule has 2 heterocycles. The van der Waals surface area contributed by atoms with Gasteiger partial charge in [-0.05, 0) is 65.9 Å². The third-order valence-corrected chi connectivity index (χ3v) is 5.05. The summed E-state index contributed by atoms with van der Waals surface area (Å²) in [5.41, 5.74) is 13.6. The minimum atomic E-state index is -0.425. The van der Waals surface area contributed by atoms with Gasteiger partial charge >= 0.3 is 0 Å². The van der Waals surface area contributed by atoms with E-state index < -0.39 is 5.66 Å². The van der Waals surface area contributed by atoms with Crippen molar-refractivity contribution in [2.45, 2.75) is 37.8 Å². The minimum absolute atomic E-state index is 0.264. The maximum atomic E-state index is 6.24. The van der Waals surface area contributed by atoms with Gasteiger partial charge in [0.15, 0.2) is 0 Å². The Labute approximate surface area is 153 Å². The highest BCUT2D eigenvalue weighted by Crippen LogP contribution is 2.39. The molecule has 1 saturated carbocycles. The summed E-state index contributed by atoms with van der Waals surface area (Å²) < 4.78 is 2.25. The fraction of sp³-hybridized carbons (Fsp3) is 0.375. The molecule has 1 spiro atoms. The molecule has 0 saturated heterocycles. The topological polar surface area (TPSA) is 111 Å². The van der Waals surface area contributed by atoms with Crippen LogP contribution in [0.5, 0.6) is 0 Å². The Morgan fingerprint density at radius 2 is 1.68 bits per heavy atom. The fourth-order valence-electron chi connectivity index (χ4n) is 3.62. The standard InChI is InChI=1S/C16H19BrN8/c17-13-20-10-24(23-13)11-4-6-12(7-5-11)25-15(19)21-14(18)22-16(25)8-2-1-3-9-16/h4-7,10H,1-3,8-9H2,(H4,18,19,21,22). The predicted molar refractivity (Wildman–Crippen MR) is 101 cm³/mol. The van der Waals surface area contributed by atoms with Crippen LogP contribution in [-0.4, -0.2) is 32.3 Å². The summed E-state index contributed by atoms with van der Waals surface area (Å²) in [6.07, 6.45) is 6.91. The number of aromatic nitrogens is 3. The first kappa shape index (κ1) is 16.1. The number of hydrogen-bond acceptors (Lipinski definition) is 7. The Bertz CT molecular complexity index is 832. The van der Waals surface area contributed by atoms with Crippen molar-refractivity contribution in [3.63, 3.8) is 0 Å². The summed E-state index contributed by atoms with van der Waals surface area (Å²) in [6, 6.07) is 7.95. The number of nitrogens with two attached hydrogens (primary N) is 2. The number of hydrogen-bond donors (Lipinski definition) is 2. The molecule has 4 N–H and O–H groups in total. The van der Waals surface area contributed by atoms with Crippen LogP contribution < -0.4 is 16.4 Å². The van der Waals surface area contributed by atoms with Crippen molar-refractivity contribution < 1.29 is 0 Å². The highest BCUT2D eigenvalue weighted by molar-refractivity contribution is 9.10. The van der Waals surface area contributed by atoms with Crippen molar-refractivity contribution >= 4 is 33.5 Å². The highest BCUT2D eigenvalue weighted by atomic mass is 79.9. The smallest absolute Gasteiger partial charge is 0.220 e. The van der Waals surface area contributed by atoms with Crippen LogP contribution >= 0.6 is 15.9 Å². The molecule has 8 nitrogen and oxygen atoms in total. The first-order valence-corrected chi connectivity index (χ1v) is 9.04. The average molecular weight is 403 g/mol. The van der Waals surface area contributed by atoms with Crippen molar-refractivity contribution in [2.75, 3.05) is 4.90 Å². The van der Waals surface area contributed by atoms with Crippen molar-refractivity contribution in [3.05, 3.63) is 35.3 Å². The van der Waals surface area contributed by atoms with E-state index in [1.807, 2.05) is 29.2 Å². The van der Waals surface area contributed by atoms with E-state index in [-0.39, 0.29) is 5.96 Å². The molecule has 0 atom stereocenters. The molecule has 1 aliphatic carbocycles. The number of guanidine groups is 2. The molecule has 1 aromatic carbocycles. The largest absolute Gasteiger partial charge is 0.369 e. The van der Waals surface area contributed by atoms with Crippen LogP contribution in [0.3, 0.4) is 0 Å². The zero-order chi connectivity index (χ0) is 17.4. The van der Waals surface area contributed by atoms with Crippen LogP contribution in [0.25, 0.3) is 5.69 Å². The molecule has 2 aliphatic rings. The molecule has 0 radical (unpaired) electrons. The number of nitrogens with zero attached hydrogens (tertiary/aromatic N) is 6. The monoisotopic (exact) mass is 402 g/mol. The number of aliphatic imine (C=N–C) groups is 2. The lowest BCUT2D eigenvalue weighted by Crippen LogP contribution is -2.58. The molecule has 1 fully saturated rings. The number of anilines is 1. The van der Waals surface area contributed by atoms with Gasteiger partial charge in [0.25, 0.3) is 0 Å². The van der Waals surface area contributed by atoms with Crippen LogP contribution in [0.1, 0.15) is 32.1 Å². The lowest BCUT2D eigenvalue weighted by molar-refractivity contribution is 0.305. The van der Waals surface area contributed by atoms with Gasteiger partial charge in [-0.2, -0.15) is 4.99 Å². The van der Waals surface area contributed by atoms with Gasteiger partial charge in [-0.3, -0.25) is 4.90 Å². The molecule has 0 unspecified atom stereocenters. The number of rotatable bonds is 2. The maximum Gasteiger partial charge on any atom is 0.220 e. The zero-order valence-corrected chi connectivity index (χ0v) is 15.2. The summed E-state index contributed by atoms with van der Waals surface area (Å²) in [7, 11) is 0. The van der Waals surface area contributed by atoms with Gasteiger partial charge in [-0.1, -0.05) is 6.42 Å². The predicted octanol–water partition coefficient (Wildman–Crippen LogP) is 2.14. The second kappa shape index (κ2) is 6.14. The Kier molecular flexibility index (Phi) is 3.95. The highest BCUT2D eigenvalue weighted by Gasteiger charge is 2.42. The summed E-state index contributed by atoms with van der Waals surface area (Å²) in [5, 5.41) is 4.25. The second-order valence-electron chi connectivity index (χ2n) is 6.29. The summed E-state index contributed by atoms with van der Waals surface area (Å²) in [5.74, 6) is 0.658. The zero-order valence-electron chi connectivity index (χ0n) is 13.6. The second-order valence-corrected chi connectivity index (χ2v) is 7.00. The molecule has 4 rings (SSSR count). The number of halogens is 1. The van der Waals surface area contributed by atoms with Gasteiger partial charge in [0.2, 0.25) is 16.7 Å². The molecule has 25 heavy (non-hydrogen) atoms. The first-order chi connectivity index (χ1) is 12.1. The van der Waals surface area contributed by atoms with E-state index in [1.165, 1.54) is 6.42 Å². The third-order valence-electron chi connectivity index (χ3n) is 4.69. The average Bonchev–Trinajstić information content (AvgIpc) is 3.02. The summed E-state index contributed by atoms with van der Waals surface area (Å²) in [4.78, 5) is 15.0. The molecular weight excluding hydrogens is 384 g/mol. The van der Waals surface area contributed by atoms with E-state index in [9.17, 15) is 0 Å². The van der Waals surface area contributed by atoms with Crippen LogP contribution in [-0.2, 0) is 0 Å². The Morgan fingerprint density at radius 3 is 2.32 bits per heavy atom. The van der Waals surface area contributed by atoms with E-state index in [0.717, 1.165) is 37.1 Å². The van der Waals surface area contributed by atoms with Crippen LogP contribution in [0.4, 0.5) is 5.69 Å². The molecule has 0 amide bonds. The molecule has 0 bridgehead atoms. The van der Waals surface area contributed by atoms with Gasteiger partial charge in [-0.25, -0.2) is 14.7 Å². The van der Waals surface area contributed by atoms with Crippen LogP contribution in [0.15, 0.2) is 45.3 Å². The quantitative estimate of drug-likeness (QED) is 0.798. The van der Waals surface area contributed by atoms with Gasteiger partial charge in [0.05, 0.1) is 5.69 Å². The first-order valence-electron chi connectivity index (χ1n) is 8.25. The maximum absolute atomic E-state index is 6.24. The van der Waals surface area contributed by atoms with Crippen molar-refractivity contribution in [1.29, 1.82) is 0 Å². The SMILES string of the molecule is NC1=NC2(CCCCC2)N(c2ccc(-n3cnc(Br)n3)cc2)C(N)=N1. The van der Waals surface area contributed by atoms with E-state index in [1.54, 1.807) is 11.0 Å². The van der Waals surface area contributed by atoms with Crippen molar-refractivity contribution in [2.24, 2.45) is 21.5 Å². The lowest BCUT2D eigenvalue weighted by Gasteiger charge is -2.45. The molecular formula is C16H19BrN8. The van der Waals surface area contributed by atoms with E-state index in [0.29, 0.717) is 10.7 Å². The lowest BCUT2D eigenvalue weighted by atomic mass is 9.87. The van der Waals surface area contributed by atoms with Crippen LogP contribution in [0, 0.1) is 0 Å². The Hall–Kier alpha value is -2.42. The minimum Gasteiger partial charge on any atom is -0.369 e. The Balaban J connectivity index is 1.70. The van der Waals surface area contributed by atoms with Crippen molar-refractivity contribution in [1.82, 2.24) is 14.8 Å². The fourth-order valence-corrected chi connectivity index (χ4v) is 3.88. The van der Waals surface area contributed by atoms with Crippen LogP contribution in [0.2, 0.25) is 0 Å². The molecule has 9 heteroatoms. The van der Waals surface area contributed by atoms with Gasteiger partial charge in [0, 0.05) is 5.69 Å². The van der Waals surface area contributed by atoms with Crippen molar-refractivity contribution in [3.8, 4) is 5.69 Å². The number of benzene rings is 1. The Morgan fingerprint density at radius 1 is 1.00 bits per heavy atom. The van der Waals surface area contributed by atoms with Gasteiger partial charge in [-0.15, -0.1) is 5.10 Å². The molecule has 1 aromatic heterocycles. The molecule has 2 aromatic rings. The normalized spacial score (nSPS) is 19.6. The van der Waals surface area contributed by atoms with E-state index >= 15 is 0 Å². The van der Waals surface area contributed by atoms with E-state index in [4.69, 9.17) is 11.5 Å². The van der Waals surface area contributed by atoms with E-state index in [2.05, 4.69) is 36.0 Å². The summed E-state index contributed by atoms with van der Waals surface area (Å²) >= 11 is 3.26.